The number of carbonyl (C=O) groups excluding carboxylic acids is 2. The van der Waals surface area contributed by atoms with Crippen molar-refractivity contribution in [2.45, 2.75) is 31.1 Å². The monoisotopic (exact) mass is 454 g/mol. The fraction of sp³-hybridized carbons (Fsp3) is 0.476. The molecule has 2 aliphatic heterocycles. The van der Waals surface area contributed by atoms with Crippen LogP contribution >= 0.6 is 0 Å². The van der Waals surface area contributed by atoms with E-state index in [1.165, 1.54) is 0 Å². The molecule has 1 aromatic carbocycles. The Labute approximate surface area is 182 Å². The molecule has 3 heterocycles. The minimum atomic E-state index is -5.08. The van der Waals surface area contributed by atoms with Gasteiger partial charge < -0.3 is 24.8 Å². The number of likely N-dealkylation sites (tertiary alicyclic amines) is 2. The topological polar surface area (TPSA) is 97.0 Å². The van der Waals surface area contributed by atoms with Crippen LogP contribution in [0.15, 0.2) is 30.5 Å². The lowest BCUT2D eigenvalue weighted by molar-refractivity contribution is -0.192. The maximum atomic E-state index is 13.0. The van der Waals surface area contributed by atoms with Crippen LogP contribution in [-0.2, 0) is 9.59 Å². The van der Waals surface area contributed by atoms with Crippen LogP contribution in [0, 0.1) is 0 Å². The van der Waals surface area contributed by atoms with Crippen LogP contribution in [0.3, 0.4) is 0 Å². The fourth-order valence-corrected chi connectivity index (χ4v) is 4.13. The molecule has 32 heavy (non-hydrogen) atoms. The first-order chi connectivity index (χ1) is 15.0. The number of aliphatic carboxylic acids is 1. The van der Waals surface area contributed by atoms with E-state index in [4.69, 9.17) is 9.90 Å². The van der Waals surface area contributed by atoms with Crippen LogP contribution in [0.25, 0.3) is 10.9 Å². The summed E-state index contributed by atoms with van der Waals surface area (Å²) in [6, 6.07) is 7.91. The Bertz CT molecular complexity index is 1000. The average molecular weight is 454 g/mol. The first kappa shape index (κ1) is 23.6. The number of fused-ring (bicyclic) bond motifs is 2. The predicted molar refractivity (Wildman–Crippen MR) is 110 cm³/mol. The van der Waals surface area contributed by atoms with Crippen LogP contribution < -0.4 is 0 Å². The molecule has 0 aliphatic carbocycles. The zero-order chi connectivity index (χ0) is 23.6. The molecule has 174 valence electrons. The van der Waals surface area contributed by atoms with Gasteiger partial charge in [-0.3, -0.25) is 9.59 Å². The van der Waals surface area contributed by atoms with Crippen LogP contribution in [0.2, 0.25) is 0 Å². The van der Waals surface area contributed by atoms with Crippen molar-refractivity contribution < 1.29 is 32.7 Å². The number of alkyl halides is 3. The number of H-pyrrole nitrogens is 1. The van der Waals surface area contributed by atoms with Gasteiger partial charge in [0.15, 0.2) is 0 Å². The van der Waals surface area contributed by atoms with Gasteiger partial charge in [-0.25, -0.2) is 4.79 Å². The summed E-state index contributed by atoms with van der Waals surface area (Å²) < 4.78 is 31.7. The lowest BCUT2D eigenvalue weighted by Gasteiger charge is -2.26. The van der Waals surface area contributed by atoms with Gasteiger partial charge in [-0.05, 0) is 44.8 Å². The number of rotatable bonds is 4. The number of nitrogens with one attached hydrogen (secondary N) is 1. The third kappa shape index (κ3) is 5.04. The molecule has 0 radical (unpaired) electrons. The molecule has 2 atom stereocenters. The molecule has 0 saturated carbocycles. The summed E-state index contributed by atoms with van der Waals surface area (Å²) in [6.07, 6.45) is -1.87. The highest BCUT2D eigenvalue weighted by Gasteiger charge is 2.48. The predicted octanol–water partition coefficient (Wildman–Crippen LogP) is 2.18. The number of likely N-dealkylation sites (N-methyl/N-ethyl adjacent to an activating group) is 1. The van der Waals surface area contributed by atoms with Crippen molar-refractivity contribution in [3.8, 4) is 0 Å². The van der Waals surface area contributed by atoms with Crippen molar-refractivity contribution in [3.05, 3.63) is 36.0 Å². The molecule has 0 spiro atoms. The number of nitrogens with zero attached hydrogens (tertiary/aromatic N) is 3. The molecule has 0 unspecified atom stereocenters. The van der Waals surface area contributed by atoms with E-state index in [0.29, 0.717) is 12.0 Å². The minimum Gasteiger partial charge on any atom is -0.475 e. The molecule has 2 fully saturated rings. The van der Waals surface area contributed by atoms with Crippen molar-refractivity contribution >= 4 is 28.7 Å². The van der Waals surface area contributed by atoms with E-state index in [1.807, 2.05) is 54.4 Å². The normalized spacial score (nSPS) is 20.5. The van der Waals surface area contributed by atoms with Gasteiger partial charge in [0.1, 0.15) is 0 Å². The van der Waals surface area contributed by atoms with E-state index >= 15 is 0 Å². The van der Waals surface area contributed by atoms with E-state index in [0.717, 1.165) is 37.0 Å². The number of amides is 2. The highest BCUT2D eigenvalue weighted by atomic mass is 19.4. The van der Waals surface area contributed by atoms with E-state index in [2.05, 4.69) is 9.88 Å². The van der Waals surface area contributed by atoms with Gasteiger partial charge >= 0.3 is 12.1 Å². The third-order valence-corrected chi connectivity index (χ3v) is 5.71. The van der Waals surface area contributed by atoms with Gasteiger partial charge in [-0.1, -0.05) is 0 Å². The molecule has 2 amide bonds. The number of carbonyl (C=O) groups is 3. The quantitative estimate of drug-likeness (QED) is 0.738. The number of aromatic nitrogens is 1. The van der Waals surface area contributed by atoms with Crippen molar-refractivity contribution in [2.24, 2.45) is 0 Å². The Hall–Kier alpha value is -3.08. The second kappa shape index (κ2) is 9.19. The molecular weight excluding hydrogens is 429 g/mol. The van der Waals surface area contributed by atoms with Crippen LogP contribution in [0.5, 0.6) is 0 Å². The lowest BCUT2D eigenvalue weighted by atomic mass is 10.1. The summed E-state index contributed by atoms with van der Waals surface area (Å²) in [5.41, 5.74) is 1.73. The number of halogens is 3. The van der Waals surface area contributed by atoms with Crippen LogP contribution in [0.4, 0.5) is 13.2 Å². The zero-order valence-electron chi connectivity index (χ0n) is 17.7. The summed E-state index contributed by atoms with van der Waals surface area (Å²) in [6.45, 7) is 2.32. The molecule has 11 heteroatoms. The fourth-order valence-electron chi connectivity index (χ4n) is 4.13. The van der Waals surface area contributed by atoms with Crippen LogP contribution in [-0.4, -0.2) is 94.6 Å². The molecule has 2 saturated heterocycles. The summed E-state index contributed by atoms with van der Waals surface area (Å²) in [4.78, 5) is 43.4. The van der Waals surface area contributed by atoms with Gasteiger partial charge in [0.25, 0.3) is 5.91 Å². The molecule has 1 aromatic heterocycles. The average Bonchev–Trinajstić information content (AvgIpc) is 3.40. The number of benzene rings is 1. The molecule has 4 rings (SSSR count). The smallest absolute Gasteiger partial charge is 0.475 e. The second-order valence-electron chi connectivity index (χ2n) is 8.10. The Morgan fingerprint density at radius 3 is 2.53 bits per heavy atom. The zero-order valence-corrected chi connectivity index (χ0v) is 17.7. The molecule has 0 bridgehead atoms. The van der Waals surface area contributed by atoms with Gasteiger partial charge in [0, 0.05) is 48.7 Å². The van der Waals surface area contributed by atoms with E-state index in [-0.39, 0.29) is 23.9 Å². The standard InChI is InChI=1S/C19H24N4O2.C2HF3O2/c1-21(2)9-10-22-16-6-8-23(17(16)12-18(22)24)19(25)14-3-4-15-13(11-14)5-7-20-15;3-2(4,5)1(6)7/h3-5,7,11,16-17,20H,6,8-10,12H2,1-2H3;(H,6,7)/t16-,17+;/m0./s1. The third-order valence-electron chi connectivity index (χ3n) is 5.71. The van der Waals surface area contributed by atoms with Gasteiger partial charge in [-0.15, -0.1) is 0 Å². The van der Waals surface area contributed by atoms with Crippen molar-refractivity contribution in [1.29, 1.82) is 0 Å². The van der Waals surface area contributed by atoms with Crippen molar-refractivity contribution in [1.82, 2.24) is 19.7 Å². The summed E-state index contributed by atoms with van der Waals surface area (Å²) >= 11 is 0. The van der Waals surface area contributed by atoms with E-state index in [9.17, 15) is 22.8 Å². The number of carboxylic acid groups (broad SMARTS) is 1. The molecule has 2 N–H and O–H groups in total. The van der Waals surface area contributed by atoms with Gasteiger partial charge in [0.2, 0.25) is 5.91 Å². The summed E-state index contributed by atoms with van der Waals surface area (Å²) in [5, 5.41) is 8.16. The lowest BCUT2D eigenvalue weighted by Crippen LogP contribution is -2.41. The Balaban J connectivity index is 0.000000360. The Morgan fingerprint density at radius 1 is 1.22 bits per heavy atom. The highest BCUT2D eigenvalue weighted by Crippen LogP contribution is 2.33. The van der Waals surface area contributed by atoms with Crippen LogP contribution in [0.1, 0.15) is 23.2 Å². The summed E-state index contributed by atoms with van der Waals surface area (Å²) in [5.74, 6) is -2.54. The SMILES string of the molecule is CN(C)CCN1C(=O)C[C@@H]2[C@@H]1CCN2C(=O)c1ccc2[nH]ccc2c1.O=C(O)C(F)(F)F. The maximum absolute atomic E-state index is 13.0. The maximum Gasteiger partial charge on any atom is 0.490 e. The molecule has 8 nitrogen and oxygen atoms in total. The number of aromatic amines is 1. The van der Waals surface area contributed by atoms with Crippen molar-refractivity contribution in [2.75, 3.05) is 33.7 Å². The summed E-state index contributed by atoms with van der Waals surface area (Å²) in [7, 11) is 4.03. The number of hydrogen-bond acceptors (Lipinski definition) is 4. The van der Waals surface area contributed by atoms with Gasteiger partial charge in [-0.2, -0.15) is 13.2 Å². The number of hydrogen-bond donors (Lipinski definition) is 2. The molecule has 2 aliphatic rings. The molecule has 2 aromatic rings. The Kier molecular flexibility index (Phi) is 6.77. The van der Waals surface area contributed by atoms with Crippen molar-refractivity contribution in [3.63, 3.8) is 0 Å². The second-order valence-corrected chi connectivity index (χ2v) is 8.10. The highest BCUT2D eigenvalue weighted by molar-refractivity contribution is 5.99. The molecular formula is C21H25F3N4O4. The first-order valence-electron chi connectivity index (χ1n) is 10.1. The number of carboxylic acids is 1. The Morgan fingerprint density at radius 2 is 1.91 bits per heavy atom. The first-order valence-corrected chi connectivity index (χ1v) is 10.1. The van der Waals surface area contributed by atoms with E-state index in [1.54, 1.807) is 0 Å². The van der Waals surface area contributed by atoms with E-state index < -0.39 is 12.1 Å². The van der Waals surface area contributed by atoms with Gasteiger partial charge in [0.05, 0.1) is 12.1 Å². The minimum absolute atomic E-state index is 0.0177. The largest absolute Gasteiger partial charge is 0.490 e.